The predicted molar refractivity (Wildman–Crippen MR) is 93.3 cm³/mol. The van der Waals surface area contributed by atoms with E-state index in [-0.39, 0.29) is 0 Å². The first-order valence-electron chi connectivity index (χ1n) is 8.58. The van der Waals surface area contributed by atoms with Crippen LogP contribution in [0.15, 0.2) is 11.6 Å². The van der Waals surface area contributed by atoms with E-state index in [0.29, 0.717) is 10.2 Å². The Kier molecular flexibility index (Phi) is 4.99. The van der Waals surface area contributed by atoms with Crippen LogP contribution in [0.4, 0.5) is 0 Å². The second kappa shape index (κ2) is 6.07. The molecular formula is C19H34S. The summed E-state index contributed by atoms with van der Waals surface area (Å²) in [6, 6.07) is 0. The monoisotopic (exact) mass is 294 g/mol. The van der Waals surface area contributed by atoms with Gasteiger partial charge in [-0.3, -0.25) is 0 Å². The number of hydrogen-bond acceptors (Lipinski definition) is 1. The Balaban J connectivity index is 1.95. The highest BCUT2D eigenvalue weighted by atomic mass is 32.2. The second-order valence-electron chi connectivity index (χ2n) is 8.44. The van der Waals surface area contributed by atoms with E-state index in [1.165, 1.54) is 37.9 Å². The van der Waals surface area contributed by atoms with Crippen molar-refractivity contribution in [2.75, 3.05) is 5.75 Å². The Morgan fingerprint density at radius 3 is 2.75 bits per heavy atom. The second-order valence-corrected chi connectivity index (χ2v) is 10.4. The molecule has 0 unspecified atom stereocenters. The van der Waals surface area contributed by atoms with Crippen LogP contribution in [-0.2, 0) is 0 Å². The van der Waals surface area contributed by atoms with Crippen molar-refractivity contribution in [1.29, 1.82) is 0 Å². The van der Waals surface area contributed by atoms with Gasteiger partial charge in [-0.05, 0) is 48.2 Å². The number of thioether (sulfide) groups is 1. The standard InChI is InChI=1S/C19H34S/c1-14-8-7-12-19(6)16(14)9-10-17(19)15(2)11-13-20-18(3,4)5/h10,14-16H,7-9,11-13H2,1-6H3/t14-,15+,16-,19-/m0/s1. The fraction of sp³-hybridized carbons (Fsp3) is 0.895. The van der Waals surface area contributed by atoms with Crippen LogP contribution >= 0.6 is 11.8 Å². The highest BCUT2D eigenvalue weighted by Crippen LogP contribution is 2.56. The molecule has 0 nitrogen and oxygen atoms in total. The zero-order chi connectivity index (χ0) is 15.0. The molecule has 0 saturated heterocycles. The molecule has 0 N–H and O–H groups in total. The van der Waals surface area contributed by atoms with E-state index in [2.05, 4.69) is 59.4 Å². The lowest BCUT2D eigenvalue weighted by Gasteiger charge is -2.44. The maximum absolute atomic E-state index is 2.62. The normalized spacial score (nSPS) is 35.6. The molecule has 2 aliphatic carbocycles. The van der Waals surface area contributed by atoms with Gasteiger partial charge in [0.25, 0.3) is 0 Å². The maximum atomic E-state index is 2.62. The smallest absolute Gasteiger partial charge is 0.00750 e. The van der Waals surface area contributed by atoms with Gasteiger partial charge in [0, 0.05) is 4.75 Å². The Morgan fingerprint density at radius 1 is 1.40 bits per heavy atom. The van der Waals surface area contributed by atoms with Gasteiger partial charge in [-0.15, -0.1) is 0 Å². The Labute approximate surface area is 131 Å². The summed E-state index contributed by atoms with van der Waals surface area (Å²) >= 11 is 2.12. The highest BCUT2D eigenvalue weighted by molar-refractivity contribution is 8.00. The summed E-state index contributed by atoms with van der Waals surface area (Å²) in [6.07, 6.45) is 9.66. The molecule has 0 aromatic rings. The van der Waals surface area contributed by atoms with Gasteiger partial charge in [-0.25, -0.2) is 0 Å². The number of fused-ring (bicyclic) bond motifs is 1. The van der Waals surface area contributed by atoms with Crippen LogP contribution in [-0.4, -0.2) is 10.5 Å². The van der Waals surface area contributed by atoms with Crippen molar-refractivity contribution in [2.45, 2.75) is 78.4 Å². The van der Waals surface area contributed by atoms with Gasteiger partial charge >= 0.3 is 0 Å². The minimum atomic E-state index is 0.412. The molecule has 116 valence electrons. The van der Waals surface area contributed by atoms with E-state index in [9.17, 15) is 0 Å². The van der Waals surface area contributed by atoms with E-state index in [0.717, 1.165) is 17.8 Å². The van der Waals surface area contributed by atoms with E-state index in [1.54, 1.807) is 0 Å². The van der Waals surface area contributed by atoms with Gasteiger partial charge in [-0.1, -0.05) is 66.0 Å². The molecule has 0 spiro atoms. The summed E-state index contributed by atoms with van der Waals surface area (Å²) in [5, 5.41) is 0. The average molecular weight is 295 g/mol. The van der Waals surface area contributed by atoms with Gasteiger partial charge in [0.2, 0.25) is 0 Å². The first-order chi connectivity index (χ1) is 9.24. The topological polar surface area (TPSA) is 0 Å². The molecule has 0 aromatic carbocycles. The SMILES string of the molecule is C[C@H](CCSC(C)(C)C)C1=CC[C@H]2[C@@H](C)CCC[C@]12C. The van der Waals surface area contributed by atoms with Crippen molar-refractivity contribution in [3.05, 3.63) is 11.6 Å². The zero-order valence-electron chi connectivity index (χ0n) is 14.5. The summed E-state index contributed by atoms with van der Waals surface area (Å²) in [5.41, 5.74) is 2.34. The largest absolute Gasteiger partial charge is 0.156 e. The van der Waals surface area contributed by atoms with E-state index in [1.807, 2.05) is 5.57 Å². The lowest BCUT2D eigenvalue weighted by molar-refractivity contribution is 0.110. The third kappa shape index (κ3) is 3.46. The van der Waals surface area contributed by atoms with Crippen LogP contribution in [0.3, 0.4) is 0 Å². The molecule has 1 fully saturated rings. The molecule has 0 bridgehead atoms. The zero-order valence-corrected chi connectivity index (χ0v) is 15.3. The fourth-order valence-corrected chi connectivity index (χ4v) is 5.69. The highest BCUT2D eigenvalue weighted by Gasteiger charge is 2.46. The summed E-state index contributed by atoms with van der Waals surface area (Å²) in [5.74, 6) is 3.95. The maximum Gasteiger partial charge on any atom is 0.00750 e. The molecule has 0 amide bonds. The van der Waals surface area contributed by atoms with Gasteiger partial charge in [0.15, 0.2) is 0 Å². The minimum Gasteiger partial charge on any atom is -0.156 e. The molecule has 0 heterocycles. The Hall–Kier alpha value is 0.0900. The molecule has 0 radical (unpaired) electrons. The first-order valence-corrected chi connectivity index (χ1v) is 9.57. The van der Waals surface area contributed by atoms with Crippen molar-refractivity contribution < 1.29 is 0 Å². The summed E-state index contributed by atoms with van der Waals surface area (Å²) in [4.78, 5) is 0. The van der Waals surface area contributed by atoms with Crippen LogP contribution in [0.2, 0.25) is 0 Å². The number of allylic oxidation sites excluding steroid dienone is 2. The molecule has 2 rings (SSSR count). The van der Waals surface area contributed by atoms with Crippen molar-refractivity contribution in [3.8, 4) is 0 Å². The minimum absolute atomic E-state index is 0.412. The van der Waals surface area contributed by atoms with Gasteiger partial charge < -0.3 is 0 Å². The van der Waals surface area contributed by atoms with Crippen LogP contribution < -0.4 is 0 Å². The third-order valence-corrected chi connectivity index (χ3v) is 7.03. The molecule has 4 atom stereocenters. The van der Waals surface area contributed by atoms with Crippen LogP contribution in [0, 0.1) is 23.2 Å². The number of rotatable bonds is 4. The van der Waals surface area contributed by atoms with Crippen LogP contribution in [0.25, 0.3) is 0 Å². The molecule has 20 heavy (non-hydrogen) atoms. The molecule has 0 aromatic heterocycles. The van der Waals surface area contributed by atoms with Crippen molar-refractivity contribution in [3.63, 3.8) is 0 Å². The predicted octanol–water partition coefficient (Wildman–Crippen LogP) is 6.32. The van der Waals surface area contributed by atoms with Crippen molar-refractivity contribution in [1.82, 2.24) is 0 Å². The van der Waals surface area contributed by atoms with Gasteiger partial charge in [-0.2, -0.15) is 11.8 Å². The number of hydrogen-bond donors (Lipinski definition) is 0. The lowest BCUT2D eigenvalue weighted by Crippen LogP contribution is -2.35. The quantitative estimate of drug-likeness (QED) is 0.547. The van der Waals surface area contributed by atoms with Gasteiger partial charge in [0.1, 0.15) is 0 Å². The molecular weight excluding hydrogens is 260 g/mol. The Morgan fingerprint density at radius 2 is 2.10 bits per heavy atom. The average Bonchev–Trinajstić information content (AvgIpc) is 2.66. The van der Waals surface area contributed by atoms with Crippen LogP contribution in [0.5, 0.6) is 0 Å². The third-order valence-electron chi connectivity index (χ3n) is 5.73. The molecule has 1 saturated carbocycles. The fourth-order valence-electron chi connectivity index (χ4n) is 4.61. The van der Waals surface area contributed by atoms with Gasteiger partial charge in [0.05, 0.1) is 0 Å². The van der Waals surface area contributed by atoms with E-state index < -0.39 is 0 Å². The van der Waals surface area contributed by atoms with E-state index >= 15 is 0 Å². The van der Waals surface area contributed by atoms with E-state index in [4.69, 9.17) is 0 Å². The van der Waals surface area contributed by atoms with Crippen molar-refractivity contribution in [2.24, 2.45) is 23.2 Å². The summed E-state index contributed by atoms with van der Waals surface area (Å²) in [7, 11) is 0. The summed E-state index contributed by atoms with van der Waals surface area (Å²) < 4.78 is 0.412. The molecule has 0 aliphatic heterocycles. The summed E-state index contributed by atoms with van der Waals surface area (Å²) in [6.45, 7) is 14.5. The first kappa shape index (κ1) is 16.5. The van der Waals surface area contributed by atoms with Crippen molar-refractivity contribution >= 4 is 11.8 Å². The molecule has 1 heteroatoms. The Bertz CT molecular complexity index is 362. The lowest BCUT2D eigenvalue weighted by atomic mass is 9.60. The molecule has 2 aliphatic rings. The van der Waals surface area contributed by atoms with Crippen LogP contribution in [0.1, 0.15) is 73.6 Å².